The zero-order valence-electron chi connectivity index (χ0n) is 7.50. The normalized spacial score (nSPS) is 12.2. The lowest BCUT2D eigenvalue weighted by Gasteiger charge is -2.06. The van der Waals surface area contributed by atoms with Gasteiger partial charge in [0.05, 0.1) is 4.47 Å². The molecule has 0 aliphatic carbocycles. The van der Waals surface area contributed by atoms with Gasteiger partial charge in [-0.25, -0.2) is 9.97 Å². The Morgan fingerprint density at radius 1 is 1.71 bits per heavy atom. The third kappa shape index (κ3) is 3.34. The summed E-state index contributed by atoms with van der Waals surface area (Å²) in [5.41, 5.74) is 0.355. The van der Waals surface area contributed by atoms with Crippen molar-refractivity contribution in [1.29, 1.82) is 0 Å². The maximum absolute atomic E-state index is 11.5. The number of halogens is 2. The highest BCUT2D eigenvalue weighted by Gasteiger charge is 2.11. The van der Waals surface area contributed by atoms with E-state index in [-0.39, 0.29) is 10.7 Å². The molecule has 1 heterocycles. The number of nitrogens with zero attached hydrogens (tertiary/aromatic N) is 2. The van der Waals surface area contributed by atoms with E-state index >= 15 is 0 Å². The molecule has 0 spiro atoms. The molecule has 1 unspecified atom stereocenters. The molecule has 1 rings (SSSR count). The molecule has 0 radical (unpaired) electrons. The van der Waals surface area contributed by atoms with Crippen LogP contribution in [0.25, 0.3) is 0 Å². The second-order valence-electron chi connectivity index (χ2n) is 2.71. The molecule has 0 bridgehead atoms. The Hall–Kier alpha value is -0.490. The van der Waals surface area contributed by atoms with Crippen LogP contribution >= 0.6 is 31.9 Å². The Morgan fingerprint density at radius 3 is 3.00 bits per heavy atom. The maximum atomic E-state index is 11.5. The number of rotatable bonds is 3. The van der Waals surface area contributed by atoms with Gasteiger partial charge < -0.3 is 5.32 Å². The van der Waals surface area contributed by atoms with Gasteiger partial charge in [-0.1, -0.05) is 22.9 Å². The van der Waals surface area contributed by atoms with E-state index in [1.807, 2.05) is 6.92 Å². The highest BCUT2D eigenvalue weighted by molar-refractivity contribution is 9.10. The molecule has 1 aromatic heterocycles. The number of carbonyl (C=O) groups is 1. The molecule has 0 saturated carbocycles. The van der Waals surface area contributed by atoms with Crippen LogP contribution in [0.3, 0.4) is 0 Å². The van der Waals surface area contributed by atoms with Crippen LogP contribution < -0.4 is 5.32 Å². The number of hydrogen-bond acceptors (Lipinski definition) is 3. The predicted octanol–water partition coefficient (Wildman–Crippen LogP) is 1.75. The number of carbonyl (C=O) groups excluding carboxylic acids is 1. The fourth-order valence-corrected chi connectivity index (χ4v) is 1.36. The third-order valence-corrected chi connectivity index (χ3v) is 2.33. The van der Waals surface area contributed by atoms with Gasteiger partial charge in [0.25, 0.3) is 5.91 Å². The first-order chi connectivity index (χ1) is 6.61. The summed E-state index contributed by atoms with van der Waals surface area (Å²) in [6.07, 6.45) is 2.89. The van der Waals surface area contributed by atoms with Crippen molar-refractivity contribution in [3.05, 3.63) is 22.7 Å². The number of aromatic nitrogens is 2. The lowest BCUT2D eigenvalue weighted by atomic mass is 10.3. The van der Waals surface area contributed by atoms with Crippen molar-refractivity contribution in [2.24, 2.45) is 0 Å². The molecule has 0 aliphatic heterocycles. The zero-order valence-corrected chi connectivity index (χ0v) is 10.7. The van der Waals surface area contributed by atoms with Gasteiger partial charge in [-0.05, 0) is 15.9 Å². The van der Waals surface area contributed by atoms with E-state index < -0.39 is 0 Å². The van der Waals surface area contributed by atoms with Crippen LogP contribution in [0.15, 0.2) is 17.0 Å². The second kappa shape index (κ2) is 5.41. The molecule has 6 heteroatoms. The standard InChI is InChI=1S/C8H9Br2N3O/c1-5(9)2-12-8(14)7-6(10)3-11-4-13-7/h3-5H,2H2,1H3,(H,12,14). The van der Waals surface area contributed by atoms with Gasteiger partial charge >= 0.3 is 0 Å². The Morgan fingerprint density at radius 2 is 2.43 bits per heavy atom. The first-order valence-corrected chi connectivity index (χ1v) is 5.70. The van der Waals surface area contributed by atoms with Crippen LogP contribution in [0, 0.1) is 0 Å². The van der Waals surface area contributed by atoms with Crippen molar-refractivity contribution < 1.29 is 4.79 Å². The van der Waals surface area contributed by atoms with Gasteiger partial charge in [0.1, 0.15) is 12.0 Å². The van der Waals surface area contributed by atoms with Crippen molar-refractivity contribution in [2.45, 2.75) is 11.8 Å². The van der Waals surface area contributed by atoms with Crippen LogP contribution in [0.5, 0.6) is 0 Å². The Labute approximate surface area is 98.8 Å². The van der Waals surface area contributed by atoms with Crippen LogP contribution in [0.2, 0.25) is 0 Å². The van der Waals surface area contributed by atoms with E-state index in [1.165, 1.54) is 6.33 Å². The number of hydrogen-bond donors (Lipinski definition) is 1. The summed E-state index contributed by atoms with van der Waals surface area (Å²) in [5.74, 6) is -0.203. The summed E-state index contributed by atoms with van der Waals surface area (Å²) in [6.45, 7) is 2.52. The monoisotopic (exact) mass is 321 g/mol. The molecule has 0 fully saturated rings. The van der Waals surface area contributed by atoms with E-state index in [2.05, 4.69) is 47.1 Å². The fourth-order valence-electron chi connectivity index (χ4n) is 0.797. The SMILES string of the molecule is CC(Br)CNC(=O)c1ncncc1Br. The zero-order chi connectivity index (χ0) is 10.6. The average Bonchev–Trinajstić information content (AvgIpc) is 2.15. The molecule has 76 valence electrons. The minimum atomic E-state index is -0.203. The van der Waals surface area contributed by atoms with Crippen LogP contribution in [-0.4, -0.2) is 27.2 Å². The summed E-state index contributed by atoms with van der Waals surface area (Å²) in [5, 5.41) is 2.73. The van der Waals surface area contributed by atoms with Gasteiger partial charge in [0, 0.05) is 17.6 Å². The van der Waals surface area contributed by atoms with Crippen LogP contribution in [0.1, 0.15) is 17.4 Å². The van der Waals surface area contributed by atoms with Crippen LogP contribution in [0.4, 0.5) is 0 Å². The van der Waals surface area contributed by atoms with Crippen LogP contribution in [-0.2, 0) is 0 Å². The summed E-state index contributed by atoms with van der Waals surface area (Å²) in [6, 6.07) is 0. The highest BCUT2D eigenvalue weighted by atomic mass is 79.9. The van der Waals surface area contributed by atoms with Crippen molar-refractivity contribution in [1.82, 2.24) is 15.3 Å². The van der Waals surface area contributed by atoms with Crippen molar-refractivity contribution >= 4 is 37.8 Å². The predicted molar refractivity (Wildman–Crippen MR) is 60.5 cm³/mol. The Kier molecular flexibility index (Phi) is 4.47. The second-order valence-corrected chi connectivity index (χ2v) is 5.13. The number of nitrogens with one attached hydrogen (secondary N) is 1. The molecule has 0 saturated heterocycles. The first-order valence-electron chi connectivity index (χ1n) is 3.99. The summed E-state index contributed by atoms with van der Waals surface area (Å²) < 4.78 is 0.597. The molecule has 1 aromatic rings. The lowest BCUT2D eigenvalue weighted by molar-refractivity contribution is 0.0948. The lowest BCUT2D eigenvalue weighted by Crippen LogP contribution is -2.29. The third-order valence-electron chi connectivity index (χ3n) is 1.43. The Bertz CT molecular complexity index is 330. The molecular formula is C8H9Br2N3O. The first kappa shape index (κ1) is 11.6. The topological polar surface area (TPSA) is 54.9 Å². The molecule has 14 heavy (non-hydrogen) atoms. The Balaban J connectivity index is 2.65. The molecule has 1 N–H and O–H groups in total. The minimum Gasteiger partial charge on any atom is -0.350 e. The van der Waals surface area contributed by atoms with E-state index in [0.29, 0.717) is 16.7 Å². The smallest absolute Gasteiger partial charge is 0.271 e. The molecule has 4 nitrogen and oxygen atoms in total. The molecule has 1 amide bonds. The summed E-state index contributed by atoms with van der Waals surface area (Å²) >= 11 is 6.54. The van der Waals surface area contributed by atoms with Gasteiger partial charge in [-0.3, -0.25) is 4.79 Å². The summed E-state index contributed by atoms with van der Waals surface area (Å²) in [4.78, 5) is 19.4. The minimum absolute atomic E-state index is 0.203. The van der Waals surface area contributed by atoms with Crippen molar-refractivity contribution in [2.75, 3.05) is 6.54 Å². The molecule has 0 aliphatic rings. The largest absolute Gasteiger partial charge is 0.350 e. The van der Waals surface area contributed by atoms with E-state index in [9.17, 15) is 4.79 Å². The fraction of sp³-hybridized carbons (Fsp3) is 0.375. The van der Waals surface area contributed by atoms with Gasteiger partial charge in [-0.2, -0.15) is 0 Å². The number of alkyl halides is 1. The quantitative estimate of drug-likeness (QED) is 0.863. The summed E-state index contributed by atoms with van der Waals surface area (Å²) in [7, 11) is 0. The number of amides is 1. The van der Waals surface area contributed by atoms with Crippen molar-refractivity contribution in [3.8, 4) is 0 Å². The maximum Gasteiger partial charge on any atom is 0.271 e. The average molecular weight is 323 g/mol. The molecule has 0 aromatic carbocycles. The molecule has 1 atom stereocenters. The van der Waals surface area contributed by atoms with E-state index in [1.54, 1.807) is 6.20 Å². The van der Waals surface area contributed by atoms with E-state index in [4.69, 9.17) is 0 Å². The van der Waals surface area contributed by atoms with Crippen molar-refractivity contribution in [3.63, 3.8) is 0 Å². The van der Waals surface area contributed by atoms with Gasteiger partial charge in [-0.15, -0.1) is 0 Å². The highest BCUT2D eigenvalue weighted by Crippen LogP contribution is 2.11. The van der Waals surface area contributed by atoms with Gasteiger partial charge in [0.2, 0.25) is 0 Å². The van der Waals surface area contributed by atoms with E-state index in [0.717, 1.165) is 0 Å². The molecular weight excluding hydrogens is 314 g/mol. The van der Waals surface area contributed by atoms with Gasteiger partial charge in [0.15, 0.2) is 0 Å².